The maximum atomic E-state index is 13.0. The monoisotopic (exact) mass is 567 g/mol. The first-order chi connectivity index (χ1) is 19.9. The van der Waals surface area contributed by atoms with Crippen molar-refractivity contribution < 1.29 is 38.1 Å². The summed E-state index contributed by atoms with van der Waals surface area (Å²) in [6.07, 6.45) is 1.03. The van der Waals surface area contributed by atoms with Crippen molar-refractivity contribution in [3.05, 3.63) is 71.3 Å². The van der Waals surface area contributed by atoms with Crippen molar-refractivity contribution in [2.45, 2.75) is 51.5 Å². The molecule has 2 aliphatic heterocycles. The highest BCUT2D eigenvalue weighted by Gasteiger charge is 2.30. The summed E-state index contributed by atoms with van der Waals surface area (Å²) in [5.74, 6) is -1.07. The Balaban J connectivity index is 1.23. The number of rotatable bonds is 11. The number of esters is 2. The molecule has 1 saturated heterocycles. The Bertz CT molecular complexity index is 1180. The smallest absolute Gasteiger partial charge is 0.412 e. The number of ether oxygens (including phenoxy) is 4. The number of nitrogens with one attached hydrogen (secondary N) is 1. The molecule has 1 unspecified atom stereocenters. The predicted octanol–water partition coefficient (Wildman–Crippen LogP) is 2.93. The summed E-state index contributed by atoms with van der Waals surface area (Å²) < 4.78 is 20.9. The molecule has 0 aromatic heterocycles. The van der Waals surface area contributed by atoms with Gasteiger partial charge in [0.25, 0.3) is 0 Å². The molecule has 2 aliphatic rings. The van der Waals surface area contributed by atoms with Gasteiger partial charge in [0.2, 0.25) is 12.7 Å². The van der Waals surface area contributed by atoms with Crippen molar-refractivity contribution in [2.75, 3.05) is 39.6 Å². The van der Waals surface area contributed by atoms with Crippen molar-refractivity contribution >= 4 is 23.9 Å². The van der Waals surface area contributed by atoms with E-state index in [2.05, 4.69) is 21.0 Å². The van der Waals surface area contributed by atoms with E-state index in [4.69, 9.17) is 14.2 Å². The van der Waals surface area contributed by atoms with Gasteiger partial charge in [0.15, 0.2) is 0 Å². The molecular weight excluding hydrogens is 530 g/mol. The van der Waals surface area contributed by atoms with Crippen LogP contribution in [0, 0.1) is 0 Å². The average molecular weight is 568 g/mol. The molecule has 0 spiro atoms. The normalized spacial score (nSPS) is 17.3. The first-order valence-corrected chi connectivity index (χ1v) is 13.9. The van der Waals surface area contributed by atoms with Gasteiger partial charge in [0, 0.05) is 33.1 Å². The van der Waals surface area contributed by atoms with Gasteiger partial charge in [-0.15, -0.1) is 0 Å². The van der Waals surface area contributed by atoms with E-state index in [0.717, 1.165) is 23.1 Å². The minimum atomic E-state index is -0.553. The van der Waals surface area contributed by atoms with Crippen LogP contribution < -0.4 is 5.32 Å². The van der Waals surface area contributed by atoms with Gasteiger partial charge in [0.05, 0.1) is 12.5 Å². The number of likely N-dealkylation sites (tertiary alicyclic amines) is 1. The molecule has 2 aromatic carbocycles. The molecule has 2 aromatic rings. The molecule has 2 amide bonds. The molecule has 2 heterocycles. The second-order valence-corrected chi connectivity index (χ2v) is 10.0. The number of piperidine rings is 1. The lowest BCUT2D eigenvalue weighted by atomic mass is 9.96. The summed E-state index contributed by atoms with van der Waals surface area (Å²) in [7, 11) is 0. The van der Waals surface area contributed by atoms with E-state index in [1.165, 1.54) is 11.8 Å². The molecule has 41 heavy (non-hydrogen) atoms. The summed E-state index contributed by atoms with van der Waals surface area (Å²) in [5, 5.41) is 3.09. The zero-order valence-electron chi connectivity index (χ0n) is 23.3. The minimum Gasteiger partial charge on any atom is -0.461 e. The number of fused-ring (bicyclic) bond motifs is 1. The van der Waals surface area contributed by atoms with E-state index in [1.54, 1.807) is 0 Å². The number of hydrogen-bond donors (Lipinski definition) is 1. The fraction of sp³-hybridized carbons (Fsp3) is 0.467. The summed E-state index contributed by atoms with van der Waals surface area (Å²) in [6, 6.07) is 17.5. The molecular formula is C30H37N3O8. The lowest BCUT2D eigenvalue weighted by Gasteiger charge is -2.37. The maximum Gasteiger partial charge on any atom is 0.412 e. The van der Waals surface area contributed by atoms with Gasteiger partial charge in [-0.2, -0.15) is 0 Å². The molecule has 0 bridgehead atoms. The van der Waals surface area contributed by atoms with Gasteiger partial charge >= 0.3 is 18.0 Å². The van der Waals surface area contributed by atoms with Gasteiger partial charge in [-0.1, -0.05) is 54.6 Å². The Morgan fingerprint density at radius 1 is 0.902 bits per heavy atom. The standard InChI is InChI=1S/C30H37N3O8/c1-22(34)40-21-41-30(37)33-16-12-25(13-17-33)38-20-27(35)31-29-26-10-6-5-9-24(26)11-15-32(29)18-14-28(36)39-19-23-7-3-2-4-8-23/h2-10,25,29H,11-21H2,1H3,(H,31,35). The lowest BCUT2D eigenvalue weighted by molar-refractivity contribution is -0.150. The van der Waals surface area contributed by atoms with Crippen LogP contribution in [0.5, 0.6) is 0 Å². The number of nitrogens with zero attached hydrogens (tertiary/aromatic N) is 2. The van der Waals surface area contributed by atoms with Crippen LogP contribution in [0.15, 0.2) is 54.6 Å². The molecule has 11 nitrogen and oxygen atoms in total. The number of hydrogen-bond acceptors (Lipinski definition) is 9. The molecule has 0 radical (unpaired) electrons. The Morgan fingerprint density at radius 3 is 2.39 bits per heavy atom. The van der Waals surface area contributed by atoms with Gasteiger partial charge in [-0.3, -0.25) is 19.3 Å². The summed E-state index contributed by atoms with van der Waals surface area (Å²) >= 11 is 0. The zero-order chi connectivity index (χ0) is 29.0. The Kier molecular flexibility index (Phi) is 11.1. The van der Waals surface area contributed by atoms with Crippen LogP contribution >= 0.6 is 0 Å². The van der Waals surface area contributed by atoms with Crippen LogP contribution in [0.25, 0.3) is 0 Å². The minimum absolute atomic E-state index is 0.118. The number of amides is 2. The Labute approximate surface area is 239 Å². The summed E-state index contributed by atoms with van der Waals surface area (Å²) in [5.41, 5.74) is 3.10. The van der Waals surface area contributed by atoms with E-state index in [-0.39, 0.29) is 43.8 Å². The SMILES string of the molecule is CC(=O)OCOC(=O)N1CCC(OCC(=O)NC2c3ccccc3CCN2CCC(=O)OCc2ccccc2)CC1. The molecule has 4 rings (SSSR count). The largest absolute Gasteiger partial charge is 0.461 e. The fourth-order valence-corrected chi connectivity index (χ4v) is 4.92. The molecule has 1 N–H and O–H groups in total. The van der Waals surface area contributed by atoms with Crippen molar-refractivity contribution in [3.63, 3.8) is 0 Å². The number of carbonyl (C=O) groups excluding carboxylic acids is 4. The Morgan fingerprint density at radius 2 is 1.63 bits per heavy atom. The lowest BCUT2D eigenvalue weighted by Crippen LogP contribution is -2.47. The van der Waals surface area contributed by atoms with E-state index in [0.29, 0.717) is 39.0 Å². The number of carbonyl (C=O) groups is 4. The van der Waals surface area contributed by atoms with Crippen molar-refractivity contribution in [2.24, 2.45) is 0 Å². The maximum absolute atomic E-state index is 13.0. The number of benzene rings is 2. The average Bonchev–Trinajstić information content (AvgIpc) is 2.99. The fourth-order valence-electron chi connectivity index (χ4n) is 4.92. The van der Waals surface area contributed by atoms with Gasteiger partial charge in [0.1, 0.15) is 19.4 Å². The highest BCUT2D eigenvalue weighted by molar-refractivity contribution is 5.78. The quantitative estimate of drug-likeness (QED) is 0.322. The van der Waals surface area contributed by atoms with E-state index in [9.17, 15) is 19.2 Å². The third kappa shape index (κ3) is 9.29. The first kappa shape index (κ1) is 30.0. The van der Waals surface area contributed by atoms with Crippen LogP contribution in [0.2, 0.25) is 0 Å². The van der Waals surface area contributed by atoms with Gasteiger partial charge in [-0.25, -0.2) is 4.79 Å². The van der Waals surface area contributed by atoms with Crippen molar-refractivity contribution in [1.29, 1.82) is 0 Å². The summed E-state index contributed by atoms with van der Waals surface area (Å²) in [4.78, 5) is 51.9. The second-order valence-electron chi connectivity index (χ2n) is 10.0. The molecule has 0 saturated carbocycles. The molecule has 1 fully saturated rings. The third-order valence-corrected chi connectivity index (χ3v) is 7.12. The van der Waals surface area contributed by atoms with Crippen molar-refractivity contribution in [3.8, 4) is 0 Å². The highest BCUT2D eigenvalue weighted by Crippen LogP contribution is 2.28. The van der Waals surface area contributed by atoms with Crippen LogP contribution in [-0.2, 0) is 46.4 Å². The van der Waals surface area contributed by atoms with Crippen LogP contribution in [0.3, 0.4) is 0 Å². The molecule has 220 valence electrons. The Hall–Kier alpha value is -3.96. The van der Waals surface area contributed by atoms with E-state index >= 15 is 0 Å². The van der Waals surface area contributed by atoms with Crippen molar-refractivity contribution in [1.82, 2.24) is 15.1 Å². The molecule has 1 atom stereocenters. The van der Waals surface area contributed by atoms with E-state index < -0.39 is 18.9 Å². The second kappa shape index (κ2) is 15.2. The van der Waals surface area contributed by atoms with E-state index in [1.807, 2.05) is 48.5 Å². The van der Waals surface area contributed by atoms with Crippen LogP contribution in [-0.4, -0.2) is 79.4 Å². The first-order valence-electron chi connectivity index (χ1n) is 13.9. The highest BCUT2D eigenvalue weighted by atomic mass is 16.7. The van der Waals surface area contributed by atoms with Gasteiger partial charge < -0.3 is 29.2 Å². The third-order valence-electron chi connectivity index (χ3n) is 7.12. The molecule has 11 heteroatoms. The van der Waals surface area contributed by atoms with Gasteiger partial charge in [-0.05, 0) is 36.0 Å². The zero-order valence-corrected chi connectivity index (χ0v) is 23.3. The topological polar surface area (TPSA) is 124 Å². The summed E-state index contributed by atoms with van der Waals surface area (Å²) in [6.45, 7) is 2.90. The van der Waals surface area contributed by atoms with Crippen LogP contribution in [0.1, 0.15) is 49.0 Å². The molecule has 0 aliphatic carbocycles. The predicted molar refractivity (Wildman–Crippen MR) is 147 cm³/mol. The van der Waals surface area contributed by atoms with Crippen LogP contribution in [0.4, 0.5) is 4.79 Å².